The van der Waals surface area contributed by atoms with Crippen LogP contribution >= 0.6 is 0 Å². The van der Waals surface area contributed by atoms with E-state index in [-0.39, 0.29) is 12.0 Å². The van der Waals surface area contributed by atoms with Crippen LogP contribution in [-0.2, 0) is 32.6 Å². The van der Waals surface area contributed by atoms with Gasteiger partial charge in [0.1, 0.15) is 17.7 Å². The molecule has 9 heteroatoms. The van der Waals surface area contributed by atoms with Crippen LogP contribution < -0.4 is 10.2 Å². The maximum atomic E-state index is 14.5. The minimum absolute atomic E-state index is 0.0517. The highest BCUT2D eigenvalue weighted by atomic mass is 19.1. The van der Waals surface area contributed by atoms with Crippen LogP contribution in [0, 0.1) is 5.82 Å². The van der Waals surface area contributed by atoms with Crippen LogP contribution in [0.15, 0.2) is 24.3 Å². The molecule has 2 N–H and O–H groups in total. The van der Waals surface area contributed by atoms with Crippen molar-refractivity contribution in [1.82, 2.24) is 9.88 Å². The lowest BCUT2D eigenvalue weighted by molar-refractivity contribution is -0.151. The Balaban J connectivity index is 1.11. The molecule has 0 aliphatic carbocycles. The smallest absolute Gasteiger partial charge is 0.325 e. The third-order valence-corrected chi connectivity index (χ3v) is 8.09. The zero-order chi connectivity index (χ0) is 27.0. The number of pyridine rings is 1. The molecule has 8 nitrogen and oxygen atoms in total. The molecule has 1 atom stereocenters. The van der Waals surface area contributed by atoms with Gasteiger partial charge < -0.3 is 20.1 Å². The maximum absolute atomic E-state index is 14.5. The van der Waals surface area contributed by atoms with E-state index < -0.39 is 23.2 Å². The van der Waals surface area contributed by atoms with Gasteiger partial charge in [0.25, 0.3) is 0 Å². The summed E-state index contributed by atoms with van der Waals surface area (Å²) < 4.78 is 20.5. The fraction of sp³-hybridized carbons (Fsp3) is 0.552. The number of hydrogen-bond acceptors (Lipinski definition) is 6. The summed E-state index contributed by atoms with van der Waals surface area (Å²) in [7, 11) is 1.60. The molecule has 1 fully saturated rings. The SMILES string of the molecule is CN1C(=O)C(C)(C)c2c(C(C(=O)O)N3CC(OCCCCCc4ccc5c(n4)NCCC5)C3)cc(F)cc21. The lowest BCUT2D eigenvalue weighted by Gasteiger charge is -2.43. The molecular weight excluding hydrogens is 487 g/mol. The first-order valence-electron chi connectivity index (χ1n) is 13.6. The number of aromatic nitrogens is 1. The molecule has 0 spiro atoms. The number of anilines is 2. The van der Waals surface area contributed by atoms with Crippen molar-refractivity contribution in [3.05, 3.63) is 52.5 Å². The molecule has 3 aliphatic rings. The molecule has 4 heterocycles. The van der Waals surface area contributed by atoms with E-state index in [1.54, 1.807) is 25.8 Å². The van der Waals surface area contributed by atoms with Gasteiger partial charge in [-0.15, -0.1) is 0 Å². The molecule has 1 amide bonds. The number of likely N-dealkylation sites (tertiary alicyclic amines) is 1. The highest BCUT2D eigenvalue weighted by Gasteiger charge is 2.48. The van der Waals surface area contributed by atoms with Crippen molar-refractivity contribution in [2.75, 3.05) is 43.5 Å². The number of ether oxygens (including phenoxy) is 1. The van der Waals surface area contributed by atoms with E-state index in [0.29, 0.717) is 36.5 Å². The Hall–Kier alpha value is -3.04. The third-order valence-electron chi connectivity index (χ3n) is 8.09. The Morgan fingerprint density at radius 2 is 2.05 bits per heavy atom. The predicted molar refractivity (Wildman–Crippen MR) is 143 cm³/mol. The topological polar surface area (TPSA) is 95.0 Å². The Labute approximate surface area is 223 Å². The molecule has 1 aromatic heterocycles. The Morgan fingerprint density at radius 3 is 2.82 bits per heavy atom. The number of fused-ring (bicyclic) bond motifs is 2. The third kappa shape index (κ3) is 5.01. The number of carboxylic acid groups (broad SMARTS) is 1. The molecular formula is C29H37FN4O4. The van der Waals surface area contributed by atoms with Gasteiger partial charge in [-0.1, -0.05) is 12.5 Å². The van der Waals surface area contributed by atoms with E-state index in [0.717, 1.165) is 56.6 Å². The van der Waals surface area contributed by atoms with Crippen LogP contribution in [0.3, 0.4) is 0 Å². The number of amides is 1. The summed E-state index contributed by atoms with van der Waals surface area (Å²) in [4.78, 5) is 33.1. The van der Waals surface area contributed by atoms with Crippen molar-refractivity contribution < 1.29 is 23.8 Å². The Morgan fingerprint density at radius 1 is 1.26 bits per heavy atom. The van der Waals surface area contributed by atoms with Gasteiger partial charge in [0.2, 0.25) is 5.91 Å². The number of carbonyl (C=O) groups is 2. The summed E-state index contributed by atoms with van der Waals surface area (Å²) >= 11 is 0. The normalized spacial score (nSPS) is 19.5. The summed E-state index contributed by atoms with van der Waals surface area (Å²) in [5, 5.41) is 13.5. The molecule has 1 unspecified atom stereocenters. The van der Waals surface area contributed by atoms with E-state index in [4.69, 9.17) is 9.72 Å². The van der Waals surface area contributed by atoms with Crippen LogP contribution in [-0.4, -0.2) is 66.3 Å². The maximum Gasteiger partial charge on any atom is 0.325 e. The number of rotatable bonds is 10. The number of nitrogens with zero attached hydrogens (tertiary/aromatic N) is 3. The fourth-order valence-electron chi connectivity index (χ4n) is 6.02. The van der Waals surface area contributed by atoms with E-state index in [2.05, 4.69) is 17.4 Å². The zero-order valence-corrected chi connectivity index (χ0v) is 22.4. The Kier molecular flexibility index (Phi) is 7.42. The first kappa shape index (κ1) is 26.6. The first-order chi connectivity index (χ1) is 18.2. The fourth-order valence-corrected chi connectivity index (χ4v) is 6.02. The average molecular weight is 525 g/mol. The van der Waals surface area contributed by atoms with Gasteiger partial charge in [0.15, 0.2) is 0 Å². The number of unbranched alkanes of at least 4 members (excludes halogenated alkanes) is 2. The summed E-state index contributed by atoms with van der Waals surface area (Å²) in [6, 6.07) is 5.87. The minimum atomic E-state index is -1.06. The molecule has 2 aromatic rings. The highest BCUT2D eigenvalue weighted by molar-refractivity contribution is 6.08. The van der Waals surface area contributed by atoms with E-state index >= 15 is 0 Å². The number of benzene rings is 1. The molecule has 3 aliphatic heterocycles. The lowest BCUT2D eigenvalue weighted by Crippen LogP contribution is -2.55. The number of halogens is 1. The number of likely N-dealkylation sites (N-methyl/N-ethyl adjacent to an activating group) is 1. The van der Waals surface area contributed by atoms with E-state index in [9.17, 15) is 19.1 Å². The van der Waals surface area contributed by atoms with Crippen molar-refractivity contribution in [2.45, 2.75) is 69.9 Å². The molecule has 5 rings (SSSR count). The van der Waals surface area contributed by atoms with Gasteiger partial charge in [-0.05, 0) is 80.8 Å². The van der Waals surface area contributed by atoms with Gasteiger partial charge in [-0.2, -0.15) is 0 Å². The highest BCUT2D eigenvalue weighted by Crippen LogP contribution is 2.46. The quantitative estimate of drug-likeness (QED) is 0.453. The summed E-state index contributed by atoms with van der Waals surface area (Å²) in [5.41, 5.74) is 2.88. The molecule has 38 heavy (non-hydrogen) atoms. The van der Waals surface area contributed by atoms with Crippen molar-refractivity contribution in [3.63, 3.8) is 0 Å². The molecule has 1 saturated heterocycles. The summed E-state index contributed by atoms with van der Waals surface area (Å²) in [6.07, 6.45) is 6.16. The van der Waals surface area contributed by atoms with Crippen LogP contribution in [0.5, 0.6) is 0 Å². The van der Waals surface area contributed by atoms with Crippen molar-refractivity contribution in [2.24, 2.45) is 0 Å². The number of carbonyl (C=O) groups excluding carboxylic acids is 1. The second-order valence-corrected chi connectivity index (χ2v) is 11.2. The average Bonchev–Trinajstić information content (AvgIpc) is 3.03. The van der Waals surface area contributed by atoms with Crippen molar-refractivity contribution in [3.8, 4) is 0 Å². The minimum Gasteiger partial charge on any atom is -0.480 e. The van der Waals surface area contributed by atoms with Crippen LogP contribution in [0.1, 0.15) is 68.0 Å². The lowest BCUT2D eigenvalue weighted by atomic mass is 9.80. The number of nitrogens with one attached hydrogen (secondary N) is 1. The van der Waals surface area contributed by atoms with Gasteiger partial charge in [0.05, 0.1) is 17.2 Å². The second kappa shape index (κ2) is 10.6. The molecule has 0 radical (unpaired) electrons. The van der Waals surface area contributed by atoms with Gasteiger partial charge >= 0.3 is 5.97 Å². The second-order valence-electron chi connectivity index (χ2n) is 11.2. The number of aryl methyl sites for hydroxylation is 2. The van der Waals surface area contributed by atoms with Crippen LogP contribution in [0.25, 0.3) is 0 Å². The van der Waals surface area contributed by atoms with E-state index in [1.807, 2.05) is 0 Å². The number of hydrogen-bond donors (Lipinski definition) is 2. The van der Waals surface area contributed by atoms with Crippen LogP contribution in [0.2, 0.25) is 0 Å². The van der Waals surface area contributed by atoms with Crippen molar-refractivity contribution >= 4 is 23.4 Å². The monoisotopic (exact) mass is 524 g/mol. The number of aliphatic carboxylic acids is 1. The largest absolute Gasteiger partial charge is 0.480 e. The summed E-state index contributed by atoms with van der Waals surface area (Å²) in [5.74, 6) is -0.735. The molecule has 204 valence electrons. The molecule has 0 bridgehead atoms. The van der Waals surface area contributed by atoms with E-state index in [1.165, 1.54) is 22.6 Å². The van der Waals surface area contributed by atoms with Crippen molar-refractivity contribution in [1.29, 1.82) is 0 Å². The summed E-state index contributed by atoms with van der Waals surface area (Å²) in [6.45, 7) is 6.05. The zero-order valence-electron chi connectivity index (χ0n) is 22.4. The Bertz CT molecular complexity index is 1230. The first-order valence-corrected chi connectivity index (χ1v) is 13.6. The van der Waals surface area contributed by atoms with Gasteiger partial charge in [-0.25, -0.2) is 9.37 Å². The molecule has 1 aromatic carbocycles. The molecule has 0 saturated carbocycles. The van der Waals surface area contributed by atoms with Crippen LogP contribution in [0.4, 0.5) is 15.9 Å². The predicted octanol–water partition coefficient (Wildman–Crippen LogP) is 4.07. The van der Waals surface area contributed by atoms with Gasteiger partial charge in [0, 0.05) is 39.0 Å². The number of carboxylic acids is 1. The standard InChI is InChI=1S/C29H37FN4O4/c1-29(2)24-22(14-19(30)15-23(24)33(3)28(29)37)25(27(35)36)34-16-21(17-34)38-13-6-4-5-9-20-11-10-18-8-7-12-31-26(18)32-20/h10-11,14-15,21,25H,4-9,12-13,16-17H2,1-3H3,(H,31,32)(H,35,36). The van der Waals surface area contributed by atoms with Gasteiger partial charge in [-0.3, -0.25) is 14.5 Å².